The highest BCUT2D eigenvalue weighted by Gasteiger charge is 2.41. The second-order valence-electron chi connectivity index (χ2n) is 6.49. The molecule has 0 aliphatic carbocycles. The largest absolute Gasteiger partial charge is 0.341 e. The summed E-state index contributed by atoms with van der Waals surface area (Å²) in [6.45, 7) is 10.3. The van der Waals surface area contributed by atoms with Crippen molar-refractivity contribution in [3.8, 4) is 0 Å². The number of hydrogen-bond acceptors (Lipinski definition) is 2. The van der Waals surface area contributed by atoms with Crippen LogP contribution in [-0.4, -0.2) is 23.4 Å². The summed E-state index contributed by atoms with van der Waals surface area (Å²) in [4.78, 5) is 14.3. The number of benzene rings is 1. The smallest absolute Gasteiger partial charge is 0.230 e. The number of rotatable bonds is 4. The third kappa shape index (κ3) is 3.57. The van der Waals surface area contributed by atoms with Crippen molar-refractivity contribution in [1.82, 2.24) is 4.90 Å². The number of aryl methyl sites for hydroxylation is 1. The summed E-state index contributed by atoms with van der Waals surface area (Å²) in [6, 6.07) is 8.23. The molecule has 3 heteroatoms. The molecule has 0 bridgehead atoms. The zero-order valence-electron chi connectivity index (χ0n) is 12.9. The molecule has 3 nitrogen and oxygen atoms in total. The molecule has 2 N–H and O–H groups in total. The van der Waals surface area contributed by atoms with Crippen molar-refractivity contribution in [3.05, 3.63) is 35.4 Å². The van der Waals surface area contributed by atoms with E-state index in [-0.39, 0.29) is 5.91 Å². The Balaban J connectivity index is 2.81. The first-order valence-electron chi connectivity index (χ1n) is 6.65. The lowest BCUT2D eigenvalue weighted by Crippen LogP contribution is -2.55. The summed E-state index contributed by atoms with van der Waals surface area (Å²) in [6.07, 6.45) is 0. The molecule has 0 aliphatic heterocycles. The van der Waals surface area contributed by atoms with E-state index in [1.54, 1.807) is 4.90 Å². The summed E-state index contributed by atoms with van der Waals surface area (Å²) in [7, 11) is 1.83. The maximum absolute atomic E-state index is 12.5. The first-order chi connectivity index (χ1) is 8.55. The third-order valence-electron chi connectivity index (χ3n) is 4.03. The molecule has 0 saturated carbocycles. The number of hydrogen-bond donors (Lipinski definition) is 1. The highest BCUT2D eigenvalue weighted by atomic mass is 16.2. The fourth-order valence-electron chi connectivity index (χ4n) is 1.79. The molecule has 0 atom stereocenters. The standard InChI is InChI=1S/C16H26N2O/c1-12-7-9-13(10-8-12)11-18(6)14(19)15(2,3)16(4,5)17/h7-10H,11,17H2,1-6H3. The van der Waals surface area contributed by atoms with Crippen LogP contribution in [0.15, 0.2) is 24.3 Å². The molecule has 0 radical (unpaired) electrons. The van der Waals surface area contributed by atoms with Crippen molar-refractivity contribution >= 4 is 5.91 Å². The predicted molar refractivity (Wildman–Crippen MR) is 79.7 cm³/mol. The van der Waals surface area contributed by atoms with Crippen LogP contribution in [0, 0.1) is 12.3 Å². The monoisotopic (exact) mass is 262 g/mol. The summed E-state index contributed by atoms with van der Waals surface area (Å²) < 4.78 is 0. The Hall–Kier alpha value is -1.35. The van der Waals surface area contributed by atoms with Crippen LogP contribution in [0.1, 0.15) is 38.8 Å². The van der Waals surface area contributed by atoms with Gasteiger partial charge in [-0.3, -0.25) is 4.79 Å². The maximum atomic E-state index is 12.5. The van der Waals surface area contributed by atoms with E-state index in [2.05, 4.69) is 31.2 Å². The van der Waals surface area contributed by atoms with Gasteiger partial charge in [0.25, 0.3) is 0 Å². The van der Waals surface area contributed by atoms with Gasteiger partial charge in [0.1, 0.15) is 0 Å². The minimum absolute atomic E-state index is 0.0700. The molecular weight excluding hydrogens is 236 g/mol. The summed E-state index contributed by atoms with van der Waals surface area (Å²) in [5, 5.41) is 0. The molecule has 0 unspecified atom stereocenters. The van der Waals surface area contributed by atoms with E-state index in [9.17, 15) is 4.79 Å². The van der Waals surface area contributed by atoms with Gasteiger partial charge < -0.3 is 10.6 Å². The third-order valence-corrected chi connectivity index (χ3v) is 4.03. The lowest BCUT2D eigenvalue weighted by atomic mass is 9.74. The van der Waals surface area contributed by atoms with Crippen molar-refractivity contribution in [2.24, 2.45) is 11.1 Å². The van der Waals surface area contributed by atoms with Crippen LogP contribution in [-0.2, 0) is 11.3 Å². The number of carbonyl (C=O) groups excluding carboxylic acids is 1. The van der Waals surface area contributed by atoms with Crippen LogP contribution in [0.2, 0.25) is 0 Å². The fraction of sp³-hybridized carbons (Fsp3) is 0.562. The van der Waals surface area contributed by atoms with Crippen LogP contribution in [0.5, 0.6) is 0 Å². The maximum Gasteiger partial charge on any atom is 0.230 e. The Labute approximate surface area is 116 Å². The highest BCUT2D eigenvalue weighted by Crippen LogP contribution is 2.30. The zero-order valence-corrected chi connectivity index (χ0v) is 12.9. The molecule has 0 saturated heterocycles. The minimum Gasteiger partial charge on any atom is -0.341 e. The van der Waals surface area contributed by atoms with Gasteiger partial charge in [-0.05, 0) is 40.2 Å². The molecule has 1 amide bonds. The van der Waals surface area contributed by atoms with Gasteiger partial charge >= 0.3 is 0 Å². The van der Waals surface area contributed by atoms with Crippen LogP contribution in [0.4, 0.5) is 0 Å². The van der Waals surface area contributed by atoms with E-state index in [0.29, 0.717) is 6.54 Å². The molecule has 19 heavy (non-hydrogen) atoms. The van der Waals surface area contributed by atoms with E-state index >= 15 is 0 Å². The SMILES string of the molecule is Cc1ccc(CN(C)C(=O)C(C)(C)C(C)(C)N)cc1. The molecule has 1 rings (SSSR count). The number of carbonyl (C=O) groups is 1. The first-order valence-corrected chi connectivity index (χ1v) is 6.65. The molecule has 0 aliphatic rings. The van der Waals surface area contributed by atoms with E-state index in [4.69, 9.17) is 5.73 Å². The van der Waals surface area contributed by atoms with E-state index < -0.39 is 11.0 Å². The minimum atomic E-state index is -0.591. The zero-order chi connectivity index (χ0) is 14.8. The lowest BCUT2D eigenvalue weighted by molar-refractivity contribution is -0.142. The van der Waals surface area contributed by atoms with Crippen molar-refractivity contribution in [2.75, 3.05) is 7.05 Å². The highest BCUT2D eigenvalue weighted by molar-refractivity contribution is 5.83. The number of amides is 1. The van der Waals surface area contributed by atoms with E-state index in [1.165, 1.54) is 5.56 Å². The summed E-state index contributed by atoms with van der Waals surface area (Å²) in [5.41, 5.74) is 7.33. The molecular formula is C16H26N2O. The number of nitrogens with zero attached hydrogens (tertiary/aromatic N) is 1. The van der Waals surface area contributed by atoms with Crippen molar-refractivity contribution in [2.45, 2.75) is 46.7 Å². The summed E-state index contributed by atoms with van der Waals surface area (Å²) in [5.74, 6) is 0.0700. The Morgan fingerprint density at radius 2 is 1.63 bits per heavy atom. The van der Waals surface area contributed by atoms with Crippen molar-refractivity contribution in [3.63, 3.8) is 0 Å². The fourth-order valence-corrected chi connectivity index (χ4v) is 1.79. The van der Waals surface area contributed by atoms with Gasteiger partial charge in [-0.1, -0.05) is 29.8 Å². The van der Waals surface area contributed by atoms with Gasteiger partial charge in [-0.15, -0.1) is 0 Å². The van der Waals surface area contributed by atoms with Crippen molar-refractivity contribution < 1.29 is 4.79 Å². The molecule has 0 aromatic heterocycles. The van der Waals surface area contributed by atoms with Crippen LogP contribution < -0.4 is 5.73 Å². The van der Waals surface area contributed by atoms with Gasteiger partial charge in [0.05, 0.1) is 5.41 Å². The average Bonchev–Trinajstić information content (AvgIpc) is 2.29. The first kappa shape index (κ1) is 15.7. The Morgan fingerprint density at radius 1 is 1.16 bits per heavy atom. The lowest BCUT2D eigenvalue weighted by Gasteiger charge is -2.39. The molecule has 1 aromatic carbocycles. The van der Waals surface area contributed by atoms with Crippen molar-refractivity contribution in [1.29, 1.82) is 0 Å². The molecule has 106 valence electrons. The quantitative estimate of drug-likeness (QED) is 0.907. The number of nitrogens with two attached hydrogens (primary N) is 1. The van der Waals surface area contributed by atoms with Crippen LogP contribution >= 0.6 is 0 Å². The van der Waals surface area contributed by atoms with Gasteiger partial charge in [-0.25, -0.2) is 0 Å². The van der Waals surface area contributed by atoms with E-state index in [0.717, 1.165) is 5.56 Å². The van der Waals surface area contributed by atoms with Crippen LogP contribution in [0.25, 0.3) is 0 Å². The Bertz CT molecular complexity index is 441. The second kappa shape index (κ2) is 5.33. The summed E-state index contributed by atoms with van der Waals surface area (Å²) >= 11 is 0. The Morgan fingerprint density at radius 3 is 2.05 bits per heavy atom. The Kier molecular flexibility index (Phi) is 4.41. The van der Waals surface area contributed by atoms with E-state index in [1.807, 2.05) is 34.7 Å². The van der Waals surface area contributed by atoms with Gasteiger partial charge in [0.15, 0.2) is 0 Å². The molecule has 0 fully saturated rings. The molecule has 0 heterocycles. The molecule has 0 spiro atoms. The average molecular weight is 262 g/mol. The van der Waals surface area contributed by atoms with Gasteiger partial charge in [0, 0.05) is 19.1 Å². The molecule has 1 aromatic rings. The van der Waals surface area contributed by atoms with Gasteiger partial charge in [-0.2, -0.15) is 0 Å². The normalized spacial score (nSPS) is 12.4. The predicted octanol–water partition coefficient (Wildman–Crippen LogP) is 2.72. The second-order valence-corrected chi connectivity index (χ2v) is 6.49. The van der Waals surface area contributed by atoms with Gasteiger partial charge in [0.2, 0.25) is 5.91 Å². The van der Waals surface area contributed by atoms with Crippen LogP contribution in [0.3, 0.4) is 0 Å². The topological polar surface area (TPSA) is 46.3 Å².